The van der Waals surface area contributed by atoms with Crippen molar-refractivity contribution in [1.82, 2.24) is 10.3 Å². The Morgan fingerprint density at radius 1 is 1.21 bits per heavy atom. The predicted octanol–water partition coefficient (Wildman–Crippen LogP) is 2.82. The van der Waals surface area contributed by atoms with Gasteiger partial charge in [-0.2, -0.15) is 0 Å². The van der Waals surface area contributed by atoms with Crippen molar-refractivity contribution in [3.05, 3.63) is 23.9 Å². The Bertz CT molecular complexity index is 679. The minimum absolute atomic E-state index is 0.534. The maximum absolute atomic E-state index is 5.83. The molecule has 4 N–H and O–H groups in total. The summed E-state index contributed by atoms with van der Waals surface area (Å²) in [7, 11) is 3.32. The van der Waals surface area contributed by atoms with E-state index in [0.717, 1.165) is 60.3 Å². The van der Waals surface area contributed by atoms with Gasteiger partial charge < -0.3 is 25.5 Å². The van der Waals surface area contributed by atoms with Crippen LogP contribution >= 0.6 is 0 Å². The zero-order chi connectivity index (χ0) is 17.4. The van der Waals surface area contributed by atoms with Gasteiger partial charge >= 0.3 is 0 Å². The Morgan fingerprint density at radius 3 is 2.75 bits per heavy atom. The summed E-state index contributed by atoms with van der Waals surface area (Å²) in [6.07, 6.45) is 4.10. The first-order valence-corrected chi connectivity index (χ1v) is 8.45. The third kappa shape index (κ3) is 4.81. The number of unbranched alkanes of at least 4 members (excludes halogenated alkanes) is 1. The fraction of sp³-hybridized carbons (Fsp3) is 0.500. The summed E-state index contributed by atoms with van der Waals surface area (Å²) in [5.74, 6) is 2.13. The lowest BCUT2D eigenvalue weighted by Gasteiger charge is -2.04. The standard InChI is InChI=1S/C18H28N4O2/c1-4-5-8-20-18(19)21-9-6-7-13-10-15-16(22-13)11-14(23-2)12-17(15)24-3/h10-12,22H,4-9H2,1-3H3,(H3,19,20,21). The number of aliphatic imine (C=N–C) groups is 1. The molecule has 0 aliphatic carbocycles. The molecule has 2 aromatic rings. The molecule has 1 heterocycles. The number of aromatic amines is 1. The molecule has 0 aliphatic rings. The fourth-order valence-electron chi connectivity index (χ4n) is 2.58. The Kier molecular flexibility index (Phi) is 6.78. The lowest BCUT2D eigenvalue weighted by molar-refractivity contribution is 0.398. The fourth-order valence-corrected chi connectivity index (χ4v) is 2.58. The molecular formula is C18H28N4O2. The molecule has 1 aromatic carbocycles. The number of H-pyrrole nitrogens is 1. The van der Waals surface area contributed by atoms with Gasteiger partial charge in [-0.15, -0.1) is 0 Å². The van der Waals surface area contributed by atoms with Gasteiger partial charge in [0, 0.05) is 36.3 Å². The van der Waals surface area contributed by atoms with Crippen LogP contribution in [0.15, 0.2) is 23.2 Å². The van der Waals surface area contributed by atoms with E-state index in [4.69, 9.17) is 15.2 Å². The minimum Gasteiger partial charge on any atom is -0.497 e. The molecule has 1 aromatic heterocycles. The van der Waals surface area contributed by atoms with Gasteiger partial charge in [0.05, 0.1) is 19.7 Å². The second-order valence-electron chi connectivity index (χ2n) is 5.74. The molecule has 0 bridgehead atoms. The van der Waals surface area contributed by atoms with Crippen molar-refractivity contribution >= 4 is 16.9 Å². The number of ether oxygens (including phenoxy) is 2. The van der Waals surface area contributed by atoms with Crippen molar-refractivity contribution in [2.24, 2.45) is 10.7 Å². The molecule has 24 heavy (non-hydrogen) atoms. The van der Waals surface area contributed by atoms with Crippen LogP contribution in [0.1, 0.15) is 31.9 Å². The molecule has 2 rings (SSSR count). The average molecular weight is 332 g/mol. The molecule has 0 aliphatic heterocycles. The molecule has 0 spiro atoms. The first-order chi connectivity index (χ1) is 11.7. The zero-order valence-corrected chi connectivity index (χ0v) is 14.8. The van der Waals surface area contributed by atoms with E-state index in [1.165, 1.54) is 0 Å². The van der Waals surface area contributed by atoms with Gasteiger partial charge in [-0.3, -0.25) is 4.99 Å². The largest absolute Gasteiger partial charge is 0.497 e. The lowest BCUT2D eigenvalue weighted by Crippen LogP contribution is -2.32. The average Bonchev–Trinajstić information content (AvgIpc) is 3.00. The van der Waals surface area contributed by atoms with Gasteiger partial charge in [0.25, 0.3) is 0 Å². The quantitative estimate of drug-likeness (QED) is 0.374. The zero-order valence-electron chi connectivity index (χ0n) is 14.8. The number of guanidine groups is 1. The van der Waals surface area contributed by atoms with E-state index in [1.807, 2.05) is 12.1 Å². The van der Waals surface area contributed by atoms with E-state index in [2.05, 4.69) is 28.3 Å². The highest BCUT2D eigenvalue weighted by atomic mass is 16.5. The molecule has 6 nitrogen and oxygen atoms in total. The minimum atomic E-state index is 0.534. The maximum atomic E-state index is 5.83. The Hall–Kier alpha value is -2.37. The van der Waals surface area contributed by atoms with Crippen LogP contribution in [0.25, 0.3) is 10.9 Å². The van der Waals surface area contributed by atoms with E-state index in [-0.39, 0.29) is 0 Å². The smallest absolute Gasteiger partial charge is 0.188 e. The highest BCUT2D eigenvalue weighted by Crippen LogP contribution is 2.31. The number of nitrogens with zero attached hydrogens (tertiary/aromatic N) is 1. The number of nitrogens with two attached hydrogens (primary N) is 1. The van der Waals surface area contributed by atoms with E-state index in [0.29, 0.717) is 12.5 Å². The van der Waals surface area contributed by atoms with Crippen molar-refractivity contribution in [3.63, 3.8) is 0 Å². The lowest BCUT2D eigenvalue weighted by atomic mass is 10.2. The highest BCUT2D eigenvalue weighted by Gasteiger charge is 2.09. The van der Waals surface area contributed by atoms with E-state index in [9.17, 15) is 0 Å². The van der Waals surface area contributed by atoms with Crippen molar-refractivity contribution in [2.45, 2.75) is 32.6 Å². The number of rotatable bonds is 9. The van der Waals surface area contributed by atoms with Crippen LogP contribution < -0.4 is 20.5 Å². The highest BCUT2D eigenvalue weighted by molar-refractivity contribution is 5.88. The molecule has 0 saturated carbocycles. The van der Waals surface area contributed by atoms with E-state index in [1.54, 1.807) is 14.2 Å². The van der Waals surface area contributed by atoms with Crippen LogP contribution in [0.3, 0.4) is 0 Å². The first kappa shape index (κ1) is 18.0. The number of hydrogen-bond acceptors (Lipinski definition) is 3. The summed E-state index contributed by atoms with van der Waals surface area (Å²) in [6, 6.07) is 6.00. The summed E-state index contributed by atoms with van der Waals surface area (Å²) in [5, 5.41) is 4.19. The SMILES string of the molecule is CCCCNC(N)=NCCCc1cc2c(OC)cc(OC)cc2[nH]1. The summed E-state index contributed by atoms with van der Waals surface area (Å²) < 4.78 is 10.7. The van der Waals surface area contributed by atoms with Crippen molar-refractivity contribution < 1.29 is 9.47 Å². The van der Waals surface area contributed by atoms with E-state index < -0.39 is 0 Å². The summed E-state index contributed by atoms with van der Waals surface area (Å²) >= 11 is 0. The maximum Gasteiger partial charge on any atom is 0.188 e. The Balaban J connectivity index is 1.92. The van der Waals surface area contributed by atoms with Crippen LogP contribution in [-0.4, -0.2) is 38.3 Å². The van der Waals surface area contributed by atoms with Gasteiger partial charge in [-0.1, -0.05) is 13.3 Å². The van der Waals surface area contributed by atoms with E-state index >= 15 is 0 Å². The number of benzene rings is 1. The van der Waals surface area contributed by atoms with Gasteiger partial charge in [0.1, 0.15) is 11.5 Å². The topological polar surface area (TPSA) is 84.7 Å². The number of methoxy groups -OCH3 is 2. The number of hydrogen-bond donors (Lipinski definition) is 3. The molecule has 132 valence electrons. The molecule has 0 unspecified atom stereocenters. The summed E-state index contributed by atoms with van der Waals surface area (Å²) in [5.41, 5.74) is 8.00. The van der Waals surface area contributed by atoms with Crippen molar-refractivity contribution in [3.8, 4) is 11.5 Å². The molecule has 0 atom stereocenters. The van der Waals surface area contributed by atoms with Gasteiger partial charge in [0.15, 0.2) is 5.96 Å². The number of aromatic nitrogens is 1. The normalized spacial score (nSPS) is 11.7. The van der Waals surface area contributed by atoms with Gasteiger partial charge in [-0.05, 0) is 25.3 Å². The monoisotopic (exact) mass is 332 g/mol. The predicted molar refractivity (Wildman–Crippen MR) is 99.1 cm³/mol. The third-order valence-corrected chi connectivity index (χ3v) is 3.91. The molecule has 6 heteroatoms. The van der Waals surface area contributed by atoms with Crippen LogP contribution in [0.4, 0.5) is 0 Å². The summed E-state index contributed by atoms with van der Waals surface area (Å²) in [6.45, 7) is 3.75. The van der Waals surface area contributed by atoms with Crippen LogP contribution in [0.2, 0.25) is 0 Å². The number of fused-ring (bicyclic) bond motifs is 1. The Labute approximate surface area is 143 Å². The second-order valence-corrected chi connectivity index (χ2v) is 5.74. The molecule has 0 fully saturated rings. The van der Waals surface area contributed by atoms with Crippen molar-refractivity contribution in [1.29, 1.82) is 0 Å². The van der Waals surface area contributed by atoms with Gasteiger partial charge in [-0.25, -0.2) is 0 Å². The molecule has 0 amide bonds. The number of aryl methyl sites for hydroxylation is 1. The van der Waals surface area contributed by atoms with Crippen molar-refractivity contribution in [2.75, 3.05) is 27.3 Å². The summed E-state index contributed by atoms with van der Waals surface area (Å²) in [4.78, 5) is 7.77. The first-order valence-electron chi connectivity index (χ1n) is 8.45. The molecule has 0 radical (unpaired) electrons. The van der Waals surface area contributed by atoms with Gasteiger partial charge in [0.2, 0.25) is 0 Å². The third-order valence-electron chi connectivity index (χ3n) is 3.91. The number of nitrogens with one attached hydrogen (secondary N) is 2. The second kappa shape index (κ2) is 9.05. The van der Waals surface area contributed by atoms with Crippen LogP contribution in [-0.2, 0) is 6.42 Å². The van der Waals surface area contributed by atoms with Crippen LogP contribution in [0.5, 0.6) is 11.5 Å². The molecular weight excluding hydrogens is 304 g/mol. The van der Waals surface area contributed by atoms with Crippen LogP contribution in [0, 0.1) is 0 Å². The molecule has 0 saturated heterocycles. The Morgan fingerprint density at radius 2 is 2.04 bits per heavy atom.